The van der Waals surface area contributed by atoms with E-state index in [0.29, 0.717) is 17.6 Å². The zero-order valence-electron chi connectivity index (χ0n) is 12.3. The number of imidazole rings is 1. The van der Waals surface area contributed by atoms with Crippen molar-refractivity contribution in [2.45, 2.75) is 24.9 Å². The van der Waals surface area contributed by atoms with Crippen LogP contribution < -0.4 is 0 Å². The molecule has 0 unspecified atom stereocenters. The van der Waals surface area contributed by atoms with Crippen LogP contribution in [0.3, 0.4) is 0 Å². The van der Waals surface area contributed by atoms with Gasteiger partial charge in [0.1, 0.15) is 23.6 Å². The van der Waals surface area contributed by atoms with E-state index < -0.39 is 12.3 Å². The lowest BCUT2D eigenvalue weighted by molar-refractivity contribution is -0.0486. The van der Waals surface area contributed by atoms with E-state index in [1.54, 1.807) is 10.9 Å². The first-order valence-electron chi connectivity index (χ1n) is 7.45. The number of aromatic nitrogens is 4. The van der Waals surface area contributed by atoms with E-state index in [0.717, 1.165) is 11.3 Å². The molecular weight excluding hydrogens is 296 g/mol. The second-order valence-corrected chi connectivity index (χ2v) is 5.55. The predicted octanol–water partition coefficient (Wildman–Crippen LogP) is 1.13. The van der Waals surface area contributed by atoms with Gasteiger partial charge in [0.25, 0.3) is 0 Å². The van der Waals surface area contributed by atoms with Gasteiger partial charge in [0.15, 0.2) is 11.9 Å². The lowest BCUT2D eigenvalue weighted by Gasteiger charge is -2.16. The summed E-state index contributed by atoms with van der Waals surface area (Å²) >= 11 is 0. The molecule has 3 atom stereocenters. The monoisotopic (exact) mass is 312 g/mol. The van der Waals surface area contributed by atoms with Crippen LogP contribution >= 0.6 is 0 Å². The quantitative estimate of drug-likeness (QED) is 0.753. The molecule has 2 aromatic heterocycles. The highest BCUT2D eigenvalue weighted by Crippen LogP contribution is 2.32. The molecule has 7 heteroatoms. The first kappa shape index (κ1) is 14.3. The number of rotatable bonds is 3. The topological polar surface area (TPSA) is 93.3 Å². The number of aliphatic hydroxyl groups excluding tert-OH is 2. The Kier molecular flexibility index (Phi) is 3.53. The van der Waals surface area contributed by atoms with Crippen LogP contribution in [0.5, 0.6) is 0 Å². The molecule has 0 spiro atoms. The number of benzene rings is 1. The summed E-state index contributed by atoms with van der Waals surface area (Å²) < 4.78 is 7.38. The number of ether oxygens (including phenoxy) is 1. The fraction of sp³-hybridized carbons (Fsp3) is 0.312. The van der Waals surface area contributed by atoms with E-state index in [4.69, 9.17) is 4.74 Å². The van der Waals surface area contributed by atoms with Gasteiger partial charge in [-0.05, 0) is 0 Å². The fourth-order valence-corrected chi connectivity index (χ4v) is 2.94. The maximum absolute atomic E-state index is 10.2. The van der Waals surface area contributed by atoms with E-state index in [1.165, 1.54) is 6.33 Å². The van der Waals surface area contributed by atoms with Gasteiger partial charge in [-0.3, -0.25) is 4.57 Å². The molecular formula is C16H16N4O3. The summed E-state index contributed by atoms with van der Waals surface area (Å²) in [5, 5.41) is 19.4. The minimum atomic E-state index is -0.709. The summed E-state index contributed by atoms with van der Waals surface area (Å²) in [5.41, 5.74) is 2.94. The summed E-state index contributed by atoms with van der Waals surface area (Å²) in [5.74, 6) is 0. The van der Waals surface area contributed by atoms with Gasteiger partial charge >= 0.3 is 0 Å². The lowest BCUT2D eigenvalue weighted by atomic mass is 10.1. The first-order chi connectivity index (χ1) is 11.3. The largest absolute Gasteiger partial charge is 0.394 e. The number of nitrogens with zero attached hydrogens (tertiary/aromatic N) is 4. The van der Waals surface area contributed by atoms with Gasteiger partial charge in [-0.15, -0.1) is 0 Å². The summed E-state index contributed by atoms with van der Waals surface area (Å²) in [6.45, 7) is -0.121. The maximum atomic E-state index is 10.2. The fourth-order valence-electron chi connectivity index (χ4n) is 2.94. The minimum absolute atomic E-state index is 0.121. The highest BCUT2D eigenvalue weighted by molar-refractivity contribution is 5.87. The molecule has 0 bridgehead atoms. The van der Waals surface area contributed by atoms with Gasteiger partial charge < -0.3 is 14.9 Å². The molecule has 4 rings (SSSR count). The standard InChI is InChI=1S/C16H16N4O3/c21-7-11-6-12(22)16(23-11)20-9-19-14-13(17-8-18-15(14)20)10-4-2-1-3-5-10/h1-5,8-9,11-12,16,21-22H,6-7H2/t11-,12+,16+/m0/s1. The third-order valence-electron chi connectivity index (χ3n) is 4.05. The molecule has 0 amide bonds. The Morgan fingerprint density at radius 2 is 2.00 bits per heavy atom. The Bertz CT molecular complexity index is 821. The third-order valence-corrected chi connectivity index (χ3v) is 4.05. The Labute approximate surface area is 132 Å². The molecule has 3 heterocycles. The van der Waals surface area contributed by atoms with Gasteiger partial charge in [-0.2, -0.15) is 0 Å². The smallest absolute Gasteiger partial charge is 0.166 e. The highest BCUT2D eigenvalue weighted by Gasteiger charge is 2.35. The zero-order chi connectivity index (χ0) is 15.8. The van der Waals surface area contributed by atoms with Crippen molar-refractivity contribution in [1.82, 2.24) is 19.5 Å². The first-order valence-corrected chi connectivity index (χ1v) is 7.45. The summed E-state index contributed by atoms with van der Waals surface area (Å²) in [6, 6.07) is 9.75. The molecule has 1 aromatic carbocycles. The van der Waals surface area contributed by atoms with Crippen molar-refractivity contribution in [2.24, 2.45) is 0 Å². The Morgan fingerprint density at radius 1 is 1.17 bits per heavy atom. The highest BCUT2D eigenvalue weighted by atomic mass is 16.5. The van der Waals surface area contributed by atoms with E-state index in [2.05, 4.69) is 15.0 Å². The second-order valence-electron chi connectivity index (χ2n) is 5.55. The van der Waals surface area contributed by atoms with E-state index in [9.17, 15) is 10.2 Å². The van der Waals surface area contributed by atoms with Crippen molar-refractivity contribution in [3.63, 3.8) is 0 Å². The summed E-state index contributed by atoms with van der Waals surface area (Å²) in [6.07, 6.45) is 1.78. The lowest BCUT2D eigenvalue weighted by Crippen LogP contribution is -2.19. The van der Waals surface area contributed by atoms with Crippen LogP contribution in [0.4, 0.5) is 0 Å². The zero-order valence-corrected chi connectivity index (χ0v) is 12.3. The Hall–Kier alpha value is -2.35. The molecule has 2 N–H and O–H groups in total. The van der Waals surface area contributed by atoms with Crippen molar-refractivity contribution >= 4 is 11.2 Å². The molecule has 7 nitrogen and oxygen atoms in total. The van der Waals surface area contributed by atoms with Crippen molar-refractivity contribution in [3.05, 3.63) is 43.0 Å². The minimum Gasteiger partial charge on any atom is -0.394 e. The third kappa shape index (κ3) is 2.39. The van der Waals surface area contributed by atoms with Crippen LogP contribution in [0.25, 0.3) is 22.4 Å². The van der Waals surface area contributed by atoms with Crippen LogP contribution in [0.1, 0.15) is 12.6 Å². The molecule has 3 aromatic rings. The van der Waals surface area contributed by atoms with Crippen molar-refractivity contribution in [3.8, 4) is 11.3 Å². The maximum Gasteiger partial charge on any atom is 0.166 e. The average Bonchev–Trinajstić information content (AvgIpc) is 3.18. The van der Waals surface area contributed by atoms with Gasteiger partial charge in [0.2, 0.25) is 0 Å². The number of hydrogen-bond acceptors (Lipinski definition) is 6. The molecule has 0 radical (unpaired) electrons. The molecule has 118 valence electrons. The summed E-state index contributed by atoms with van der Waals surface area (Å²) in [7, 11) is 0. The number of fused-ring (bicyclic) bond motifs is 1. The second kappa shape index (κ2) is 5.69. The normalized spacial score (nSPS) is 24.3. The number of hydrogen-bond donors (Lipinski definition) is 2. The van der Waals surface area contributed by atoms with E-state index >= 15 is 0 Å². The summed E-state index contributed by atoms with van der Waals surface area (Å²) in [4.78, 5) is 13.0. The molecule has 23 heavy (non-hydrogen) atoms. The van der Waals surface area contributed by atoms with Gasteiger partial charge in [-0.25, -0.2) is 15.0 Å². The van der Waals surface area contributed by atoms with E-state index in [1.807, 2.05) is 30.3 Å². The van der Waals surface area contributed by atoms with Crippen LogP contribution in [-0.4, -0.2) is 48.5 Å². The molecule has 1 saturated heterocycles. The number of aliphatic hydroxyl groups is 2. The van der Waals surface area contributed by atoms with Crippen LogP contribution in [0.2, 0.25) is 0 Å². The SMILES string of the molecule is OC[C@@H]1C[C@@H](O)[C@H](n2cnc3c(-c4ccccc4)ncnc32)O1. The molecule has 0 saturated carbocycles. The average molecular weight is 312 g/mol. The molecule has 1 aliphatic rings. The van der Waals surface area contributed by atoms with Gasteiger partial charge in [-0.1, -0.05) is 30.3 Å². The van der Waals surface area contributed by atoms with Crippen LogP contribution in [-0.2, 0) is 4.74 Å². The van der Waals surface area contributed by atoms with Gasteiger partial charge in [0, 0.05) is 12.0 Å². The van der Waals surface area contributed by atoms with Crippen molar-refractivity contribution < 1.29 is 14.9 Å². The molecule has 1 aliphatic heterocycles. The van der Waals surface area contributed by atoms with Crippen molar-refractivity contribution in [2.75, 3.05) is 6.61 Å². The van der Waals surface area contributed by atoms with Crippen LogP contribution in [0.15, 0.2) is 43.0 Å². The predicted molar refractivity (Wildman–Crippen MR) is 82.4 cm³/mol. The van der Waals surface area contributed by atoms with Crippen molar-refractivity contribution in [1.29, 1.82) is 0 Å². The van der Waals surface area contributed by atoms with Crippen LogP contribution in [0, 0.1) is 0 Å². The van der Waals surface area contributed by atoms with E-state index in [-0.39, 0.29) is 12.7 Å². The Balaban J connectivity index is 1.79. The van der Waals surface area contributed by atoms with Gasteiger partial charge in [0.05, 0.1) is 19.0 Å². The Morgan fingerprint density at radius 3 is 2.74 bits per heavy atom. The molecule has 1 fully saturated rings. The molecule has 0 aliphatic carbocycles.